The first-order chi connectivity index (χ1) is 9.35. The minimum Gasteiger partial charge on any atom is -0.387 e. The number of rotatable bonds is 4. The van der Waals surface area contributed by atoms with Crippen LogP contribution in [0.4, 0.5) is 0 Å². The first-order valence-corrected chi connectivity index (χ1v) is 8.14. The molecule has 2 rings (SSSR count). The maximum atomic E-state index is 12.2. The predicted molar refractivity (Wildman–Crippen MR) is 77.7 cm³/mol. The molecule has 0 aliphatic heterocycles. The molecule has 1 aliphatic carbocycles. The zero-order valence-electron chi connectivity index (χ0n) is 11.6. The fraction of sp³-hybridized carbons (Fsp3) is 0.467. The summed E-state index contributed by atoms with van der Waals surface area (Å²) in [5, 5.41) is 10.2. The summed E-state index contributed by atoms with van der Waals surface area (Å²) in [7, 11) is -3.85. The van der Waals surface area contributed by atoms with Gasteiger partial charge in [-0.05, 0) is 37.5 Å². The van der Waals surface area contributed by atoms with Crippen LogP contribution in [-0.2, 0) is 14.3 Å². The van der Waals surface area contributed by atoms with Crippen LogP contribution in [0.3, 0.4) is 0 Å². The van der Waals surface area contributed by atoms with Gasteiger partial charge < -0.3 is 5.11 Å². The molecule has 1 fully saturated rings. The predicted octanol–water partition coefficient (Wildman–Crippen LogP) is 2.73. The second-order valence-electron chi connectivity index (χ2n) is 5.42. The van der Waals surface area contributed by atoms with Gasteiger partial charge in [0, 0.05) is 0 Å². The lowest BCUT2D eigenvalue weighted by atomic mass is 9.84. The molecule has 2 atom stereocenters. The Morgan fingerprint density at radius 1 is 1.35 bits per heavy atom. The van der Waals surface area contributed by atoms with Crippen LogP contribution in [0.2, 0.25) is 0 Å². The summed E-state index contributed by atoms with van der Waals surface area (Å²) in [5.74, 6) is 0. The molecule has 5 heteroatoms. The zero-order chi connectivity index (χ0) is 14.8. The molecule has 0 bridgehead atoms. The van der Waals surface area contributed by atoms with Gasteiger partial charge in [0.15, 0.2) is 0 Å². The van der Waals surface area contributed by atoms with Crippen LogP contribution in [0.1, 0.15) is 38.2 Å². The fourth-order valence-corrected chi connectivity index (χ4v) is 3.61. The molecule has 4 nitrogen and oxygen atoms in total. The van der Waals surface area contributed by atoms with Crippen LogP contribution < -0.4 is 0 Å². The van der Waals surface area contributed by atoms with Crippen molar-refractivity contribution in [2.45, 2.75) is 49.2 Å². The van der Waals surface area contributed by atoms with E-state index in [0.29, 0.717) is 12.8 Å². The SMILES string of the molecule is C=Cc1ccc(S(=O)(=O)OC2CCCC[C@@]2(C)O)cc1. The van der Waals surface area contributed by atoms with Crippen molar-refractivity contribution >= 4 is 16.2 Å². The first kappa shape index (κ1) is 15.2. The second kappa shape index (κ2) is 5.68. The van der Waals surface area contributed by atoms with E-state index >= 15 is 0 Å². The highest BCUT2D eigenvalue weighted by Crippen LogP contribution is 2.32. The van der Waals surface area contributed by atoms with Crippen molar-refractivity contribution in [3.05, 3.63) is 36.4 Å². The topological polar surface area (TPSA) is 63.6 Å². The molecule has 1 unspecified atom stereocenters. The smallest absolute Gasteiger partial charge is 0.297 e. The molecule has 110 valence electrons. The lowest BCUT2D eigenvalue weighted by Crippen LogP contribution is -2.44. The molecule has 20 heavy (non-hydrogen) atoms. The van der Waals surface area contributed by atoms with E-state index < -0.39 is 21.8 Å². The quantitative estimate of drug-likeness (QED) is 0.868. The average molecular weight is 296 g/mol. The summed E-state index contributed by atoms with van der Waals surface area (Å²) in [5.41, 5.74) is -0.250. The Kier molecular flexibility index (Phi) is 4.32. The van der Waals surface area contributed by atoms with Gasteiger partial charge in [-0.1, -0.05) is 37.6 Å². The molecular formula is C15H20O4S. The zero-order valence-corrected chi connectivity index (χ0v) is 12.4. The highest BCUT2D eigenvalue weighted by Gasteiger charge is 2.38. The summed E-state index contributed by atoms with van der Waals surface area (Å²) >= 11 is 0. The van der Waals surface area contributed by atoms with Crippen LogP contribution in [0.5, 0.6) is 0 Å². The van der Waals surface area contributed by atoms with E-state index in [1.807, 2.05) is 0 Å². The monoisotopic (exact) mass is 296 g/mol. The van der Waals surface area contributed by atoms with Crippen molar-refractivity contribution in [2.75, 3.05) is 0 Å². The number of hydrogen-bond donors (Lipinski definition) is 1. The third kappa shape index (κ3) is 3.29. The summed E-state index contributed by atoms with van der Waals surface area (Å²) in [6.45, 7) is 5.25. The standard InChI is InChI=1S/C15H20O4S/c1-3-12-7-9-13(10-8-12)20(17,18)19-14-6-4-5-11-15(14,2)16/h3,7-10,14,16H,1,4-6,11H2,2H3/t14?,15-/m1/s1. The second-order valence-corrected chi connectivity index (χ2v) is 6.99. The molecule has 0 amide bonds. The van der Waals surface area contributed by atoms with Gasteiger partial charge in [0.1, 0.15) is 6.10 Å². The Morgan fingerprint density at radius 2 is 2.00 bits per heavy atom. The van der Waals surface area contributed by atoms with Crippen LogP contribution in [0, 0.1) is 0 Å². The number of benzene rings is 1. The van der Waals surface area contributed by atoms with E-state index in [1.165, 1.54) is 12.1 Å². The van der Waals surface area contributed by atoms with Crippen molar-refractivity contribution in [1.82, 2.24) is 0 Å². The van der Waals surface area contributed by atoms with Crippen LogP contribution in [-0.4, -0.2) is 25.2 Å². The highest BCUT2D eigenvalue weighted by molar-refractivity contribution is 7.86. The van der Waals surface area contributed by atoms with Crippen molar-refractivity contribution in [2.24, 2.45) is 0 Å². The largest absolute Gasteiger partial charge is 0.387 e. The number of aliphatic hydroxyl groups is 1. The molecule has 1 aliphatic rings. The van der Waals surface area contributed by atoms with E-state index in [4.69, 9.17) is 4.18 Å². The van der Waals surface area contributed by atoms with Crippen LogP contribution in [0.25, 0.3) is 6.08 Å². The van der Waals surface area contributed by atoms with Crippen LogP contribution >= 0.6 is 0 Å². The molecule has 0 heterocycles. The van der Waals surface area contributed by atoms with Crippen LogP contribution in [0.15, 0.2) is 35.7 Å². The van der Waals surface area contributed by atoms with Gasteiger partial charge in [0.2, 0.25) is 0 Å². The van der Waals surface area contributed by atoms with Crippen molar-refractivity contribution in [1.29, 1.82) is 0 Å². The van der Waals surface area contributed by atoms with E-state index in [1.54, 1.807) is 25.1 Å². The van der Waals surface area contributed by atoms with Gasteiger partial charge in [-0.25, -0.2) is 0 Å². The maximum Gasteiger partial charge on any atom is 0.297 e. The van der Waals surface area contributed by atoms with Gasteiger partial charge in [-0.15, -0.1) is 0 Å². The van der Waals surface area contributed by atoms with Gasteiger partial charge in [0.05, 0.1) is 10.5 Å². The minimum atomic E-state index is -3.85. The van der Waals surface area contributed by atoms with E-state index in [0.717, 1.165) is 18.4 Å². The normalized spacial score (nSPS) is 27.2. The molecule has 0 aromatic heterocycles. The van der Waals surface area contributed by atoms with Crippen molar-refractivity contribution in [3.8, 4) is 0 Å². The Balaban J connectivity index is 2.19. The minimum absolute atomic E-state index is 0.101. The lowest BCUT2D eigenvalue weighted by molar-refractivity contribution is -0.0712. The first-order valence-electron chi connectivity index (χ1n) is 6.73. The van der Waals surface area contributed by atoms with Gasteiger partial charge >= 0.3 is 0 Å². The molecule has 1 N–H and O–H groups in total. The fourth-order valence-electron chi connectivity index (χ4n) is 2.42. The summed E-state index contributed by atoms with van der Waals surface area (Å²) in [6.07, 6.45) is 3.83. The van der Waals surface area contributed by atoms with Gasteiger partial charge in [-0.3, -0.25) is 4.18 Å². The molecule has 1 saturated carbocycles. The summed E-state index contributed by atoms with van der Waals surface area (Å²) in [4.78, 5) is 0.101. The molecule has 0 radical (unpaired) electrons. The van der Waals surface area contributed by atoms with E-state index in [9.17, 15) is 13.5 Å². The summed E-state index contributed by atoms with van der Waals surface area (Å²) < 4.78 is 29.7. The Bertz CT molecular complexity index is 572. The van der Waals surface area contributed by atoms with Gasteiger partial charge in [0.25, 0.3) is 10.1 Å². The van der Waals surface area contributed by atoms with E-state index in [-0.39, 0.29) is 4.90 Å². The lowest BCUT2D eigenvalue weighted by Gasteiger charge is -2.35. The summed E-state index contributed by atoms with van der Waals surface area (Å²) in [6, 6.07) is 6.32. The van der Waals surface area contributed by atoms with Crippen molar-refractivity contribution in [3.63, 3.8) is 0 Å². The maximum absolute atomic E-state index is 12.2. The molecule has 1 aromatic rings. The number of hydrogen-bond acceptors (Lipinski definition) is 4. The molecule has 1 aromatic carbocycles. The average Bonchev–Trinajstić information content (AvgIpc) is 2.41. The van der Waals surface area contributed by atoms with Crippen molar-refractivity contribution < 1.29 is 17.7 Å². The third-order valence-corrected chi connectivity index (χ3v) is 5.08. The Labute approximate surface area is 120 Å². The third-order valence-electron chi connectivity index (χ3n) is 3.74. The Morgan fingerprint density at radius 3 is 2.55 bits per heavy atom. The molecule has 0 saturated heterocycles. The molecule has 0 spiro atoms. The van der Waals surface area contributed by atoms with E-state index in [2.05, 4.69) is 6.58 Å². The Hall–Kier alpha value is -1.17. The van der Waals surface area contributed by atoms with Gasteiger partial charge in [-0.2, -0.15) is 8.42 Å². The highest BCUT2D eigenvalue weighted by atomic mass is 32.2. The molecular weight excluding hydrogens is 276 g/mol.